The van der Waals surface area contributed by atoms with Gasteiger partial charge in [-0.1, -0.05) is 64.4 Å². The topological polar surface area (TPSA) is 94.3 Å². The van der Waals surface area contributed by atoms with Crippen molar-refractivity contribution in [1.82, 2.24) is 34.7 Å². The minimum Gasteiger partial charge on any atom is -0.299 e. The van der Waals surface area contributed by atoms with Crippen molar-refractivity contribution in [2.75, 3.05) is 0 Å². The number of hydrogen-bond acceptors (Lipinski definition) is 5. The van der Waals surface area contributed by atoms with Crippen LogP contribution >= 0.6 is 0 Å². The third kappa shape index (κ3) is 5.50. The second kappa shape index (κ2) is 10.2. The monoisotopic (exact) mass is 459 g/mol. The SMILES string of the molecule is CCCCc1cn(CCC(C)(C)C)c(=O)n1Cc1ccc(-c2ccccc2-c2nn[nH]n2)nc1. The summed E-state index contributed by atoms with van der Waals surface area (Å²) >= 11 is 0. The van der Waals surface area contributed by atoms with Gasteiger partial charge in [0.1, 0.15) is 0 Å². The van der Waals surface area contributed by atoms with Crippen molar-refractivity contribution in [2.24, 2.45) is 5.41 Å². The summed E-state index contributed by atoms with van der Waals surface area (Å²) in [6.45, 7) is 10.0. The number of aromatic amines is 1. The second-order valence-corrected chi connectivity index (χ2v) is 9.93. The number of nitrogens with zero attached hydrogens (tertiary/aromatic N) is 6. The van der Waals surface area contributed by atoms with Gasteiger partial charge in [0.05, 0.1) is 12.2 Å². The summed E-state index contributed by atoms with van der Waals surface area (Å²) in [6, 6.07) is 11.9. The Labute approximate surface area is 200 Å². The van der Waals surface area contributed by atoms with Crippen LogP contribution in [0.1, 0.15) is 58.2 Å². The van der Waals surface area contributed by atoms with Crippen LogP contribution in [0.5, 0.6) is 0 Å². The molecule has 1 N–H and O–H groups in total. The highest BCUT2D eigenvalue weighted by atomic mass is 16.1. The maximum atomic E-state index is 13.2. The van der Waals surface area contributed by atoms with E-state index in [1.165, 1.54) is 0 Å². The lowest BCUT2D eigenvalue weighted by atomic mass is 9.92. The van der Waals surface area contributed by atoms with E-state index in [-0.39, 0.29) is 11.1 Å². The second-order valence-electron chi connectivity index (χ2n) is 9.93. The molecule has 4 aromatic rings. The van der Waals surface area contributed by atoms with Crippen molar-refractivity contribution in [3.05, 3.63) is 70.5 Å². The van der Waals surface area contributed by atoms with Crippen molar-refractivity contribution in [3.63, 3.8) is 0 Å². The lowest BCUT2D eigenvalue weighted by Crippen LogP contribution is -2.27. The molecule has 3 aromatic heterocycles. The van der Waals surface area contributed by atoms with Crippen molar-refractivity contribution in [3.8, 4) is 22.6 Å². The van der Waals surface area contributed by atoms with Crippen LogP contribution in [-0.2, 0) is 19.5 Å². The van der Waals surface area contributed by atoms with Crippen LogP contribution in [0.15, 0.2) is 53.6 Å². The number of benzene rings is 1. The number of H-pyrrole nitrogens is 1. The summed E-state index contributed by atoms with van der Waals surface area (Å²) < 4.78 is 3.78. The number of rotatable bonds is 9. The molecule has 1 aromatic carbocycles. The van der Waals surface area contributed by atoms with Crippen LogP contribution in [0.4, 0.5) is 0 Å². The fraction of sp³-hybridized carbons (Fsp3) is 0.423. The van der Waals surface area contributed by atoms with Gasteiger partial charge in [-0.2, -0.15) is 5.21 Å². The van der Waals surface area contributed by atoms with Gasteiger partial charge < -0.3 is 0 Å². The minimum absolute atomic E-state index is 0.0573. The molecule has 0 saturated carbocycles. The highest BCUT2D eigenvalue weighted by molar-refractivity contribution is 5.78. The smallest absolute Gasteiger partial charge is 0.299 e. The van der Waals surface area contributed by atoms with Gasteiger partial charge in [0, 0.05) is 35.8 Å². The maximum Gasteiger partial charge on any atom is 0.328 e. The van der Waals surface area contributed by atoms with Crippen LogP contribution in [0.2, 0.25) is 0 Å². The van der Waals surface area contributed by atoms with E-state index in [0.29, 0.717) is 12.4 Å². The van der Waals surface area contributed by atoms with Gasteiger partial charge in [-0.3, -0.25) is 14.1 Å². The summed E-state index contributed by atoms with van der Waals surface area (Å²) in [4.78, 5) is 17.9. The number of aryl methyl sites for hydroxylation is 2. The Kier molecular flexibility index (Phi) is 7.05. The van der Waals surface area contributed by atoms with Gasteiger partial charge in [0.2, 0.25) is 5.82 Å². The molecule has 0 saturated heterocycles. The minimum atomic E-state index is 0.0573. The Morgan fingerprint density at radius 2 is 1.85 bits per heavy atom. The Bertz CT molecular complexity index is 1260. The molecule has 0 radical (unpaired) electrons. The predicted octanol–water partition coefficient (Wildman–Crippen LogP) is 4.72. The molecule has 4 rings (SSSR count). The van der Waals surface area contributed by atoms with E-state index in [1.54, 1.807) is 0 Å². The normalized spacial score (nSPS) is 11.8. The third-order valence-corrected chi connectivity index (χ3v) is 5.97. The van der Waals surface area contributed by atoms with Crippen molar-refractivity contribution >= 4 is 0 Å². The maximum absolute atomic E-state index is 13.2. The Morgan fingerprint density at radius 3 is 2.50 bits per heavy atom. The summed E-state index contributed by atoms with van der Waals surface area (Å²) in [6.07, 6.45) is 7.92. The highest BCUT2D eigenvalue weighted by Crippen LogP contribution is 2.28. The first kappa shape index (κ1) is 23.6. The lowest BCUT2D eigenvalue weighted by Gasteiger charge is -2.17. The molecule has 0 unspecified atom stereocenters. The van der Waals surface area contributed by atoms with E-state index in [0.717, 1.165) is 60.3 Å². The van der Waals surface area contributed by atoms with Crippen molar-refractivity contribution in [1.29, 1.82) is 0 Å². The van der Waals surface area contributed by atoms with E-state index in [4.69, 9.17) is 4.98 Å². The molecular weight excluding hydrogens is 426 g/mol. The molecule has 0 amide bonds. The number of tetrazole rings is 1. The van der Waals surface area contributed by atoms with Crippen molar-refractivity contribution in [2.45, 2.75) is 66.5 Å². The summed E-state index contributed by atoms with van der Waals surface area (Å²) in [7, 11) is 0. The molecule has 3 heterocycles. The van der Waals surface area contributed by atoms with Gasteiger partial charge in [0.15, 0.2) is 0 Å². The molecule has 0 aliphatic carbocycles. The highest BCUT2D eigenvalue weighted by Gasteiger charge is 2.16. The molecule has 0 spiro atoms. The van der Waals surface area contributed by atoms with Crippen LogP contribution in [0.25, 0.3) is 22.6 Å². The first-order valence-corrected chi connectivity index (χ1v) is 11.9. The lowest BCUT2D eigenvalue weighted by molar-refractivity contribution is 0.347. The molecule has 0 fully saturated rings. The summed E-state index contributed by atoms with van der Waals surface area (Å²) in [5.74, 6) is 0.533. The van der Waals surface area contributed by atoms with E-state index < -0.39 is 0 Å². The molecular formula is C26H33N7O. The zero-order chi connectivity index (χ0) is 24.1. The van der Waals surface area contributed by atoms with Gasteiger partial charge in [-0.15, -0.1) is 10.2 Å². The third-order valence-electron chi connectivity index (χ3n) is 5.97. The Hall–Kier alpha value is -3.55. The van der Waals surface area contributed by atoms with Gasteiger partial charge in [-0.25, -0.2) is 4.79 Å². The van der Waals surface area contributed by atoms with Crippen molar-refractivity contribution < 1.29 is 0 Å². The molecule has 8 nitrogen and oxygen atoms in total. The first-order valence-electron chi connectivity index (χ1n) is 11.9. The van der Waals surface area contributed by atoms with Gasteiger partial charge in [0.25, 0.3) is 0 Å². The predicted molar refractivity (Wildman–Crippen MR) is 133 cm³/mol. The molecule has 0 aliphatic heterocycles. The number of imidazole rings is 1. The molecule has 0 bridgehead atoms. The van der Waals surface area contributed by atoms with E-state index in [1.807, 2.05) is 57.9 Å². The van der Waals surface area contributed by atoms with E-state index in [2.05, 4.69) is 48.3 Å². The molecule has 34 heavy (non-hydrogen) atoms. The number of hydrogen-bond donors (Lipinski definition) is 1. The van der Waals surface area contributed by atoms with Gasteiger partial charge in [-0.05, 0) is 41.5 Å². The zero-order valence-corrected chi connectivity index (χ0v) is 20.5. The first-order chi connectivity index (χ1) is 16.4. The fourth-order valence-electron chi connectivity index (χ4n) is 3.96. The summed E-state index contributed by atoms with van der Waals surface area (Å²) in [5.41, 5.74) is 4.95. The van der Waals surface area contributed by atoms with Crippen LogP contribution in [0, 0.1) is 5.41 Å². The van der Waals surface area contributed by atoms with E-state index in [9.17, 15) is 4.79 Å². The molecule has 178 valence electrons. The summed E-state index contributed by atoms with van der Waals surface area (Å²) in [5, 5.41) is 14.4. The zero-order valence-electron chi connectivity index (χ0n) is 20.5. The number of aromatic nitrogens is 7. The van der Waals surface area contributed by atoms with Crippen LogP contribution in [-0.4, -0.2) is 34.7 Å². The Balaban J connectivity index is 1.59. The molecule has 0 atom stereocenters. The molecule has 0 aliphatic rings. The standard InChI is InChI=1S/C26H33N7O/c1-5-6-9-20-18-32(15-14-26(2,3)4)25(34)33(20)17-19-12-13-23(27-16-19)21-10-7-8-11-22(21)24-28-30-31-29-24/h7-8,10-13,16,18H,5-6,9,14-15,17H2,1-4H3,(H,28,29,30,31). The van der Waals surface area contributed by atoms with E-state index >= 15 is 0 Å². The quantitative estimate of drug-likeness (QED) is 0.391. The van der Waals surface area contributed by atoms with Gasteiger partial charge >= 0.3 is 5.69 Å². The number of unbranched alkanes of at least 4 members (excludes halogenated alkanes) is 1. The average molecular weight is 460 g/mol. The molecule has 8 heteroatoms. The Morgan fingerprint density at radius 1 is 1.06 bits per heavy atom. The number of nitrogens with one attached hydrogen (secondary N) is 1. The van der Waals surface area contributed by atoms with Crippen LogP contribution < -0.4 is 5.69 Å². The number of pyridine rings is 1. The van der Waals surface area contributed by atoms with Crippen LogP contribution in [0.3, 0.4) is 0 Å². The largest absolute Gasteiger partial charge is 0.328 e. The fourth-order valence-corrected chi connectivity index (χ4v) is 3.96. The average Bonchev–Trinajstić information content (AvgIpc) is 3.46.